The molecular weight excluding hydrogens is 392 g/mol. The standard InChI is InChI=1S/C22H25F2N3O3/c1-2-29-20(28)9-15-6-8-27(12-15)21-17(23)10-16(11-18(21)24)22-25-7-5-19(26-22)30-13-14-3-4-14/h5,7,10-11,14-15H,2-4,6,8-9,12-13H2,1H3. The molecule has 1 aromatic heterocycles. The number of carbonyl (C=O) groups excluding carboxylic acids is 1. The van der Waals surface area contributed by atoms with Crippen LogP contribution in [0.1, 0.15) is 32.6 Å². The van der Waals surface area contributed by atoms with E-state index in [0.717, 1.165) is 12.8 Å². The van der Waals surface area contributed by atoms with Gasteiger partial charge in [-0.15, -0.1) is 0 Å². The van der Waals surface area contributed by atoms with E-state index in [9.17, 15) is 13.6 Å². The van der Waals surface area contributed by atoms with Crippen LogP contribution in [0, 0.1) is 23.5 Å². The Balaban J connectivity index is 1.47. The summed E-state index contributed by atoms with van der Waals surface area (Å²) >= 11 is 0. The van der Waals surface area contributed by atoms with E-state index in [4.69, 9.17) is 9.47 Å². The lowest BCUT2D eigenvalue weighted by Gasteiger charge is -2.20. The third kappa shape index (κ3) is 4.86. The van der Waals surface area contributed by atoms with E-state index in [1.807, 2.05) is 0 Å². The molecule has 1 aliphatic carbocycles. The van der Waals surface area contributed by atoms with Crippen LogP contribution in [-0.4, -0.2) is 42.2 Å². The molecule has 1 saturated carbocycles. The number of carbonyl (C=O) groups is 1. The minimum absolute atomic E-state index is 0.0196. The third-order valence-electron chi connectivity index (χ3n) is 5.43. The van der Waals surface area contributed by atoms with E-state index in [1.165, 1.54) is 18.3 Å². The molecule has 0 N–H and O–H groups in total. The average molecular weight is 417 g/mol. The highest BCUT2D eigenvalue weighted by Gasteiger charge is 2.29. The molecule has 4 rings (SSSR count). The van der Waals surface area contributed by atoms with Gasteiger partial charge in [-0.3, -0.25) is 4.79 Å². The highest BCUT2D eigenvalue weighted by atomic mass is 19.1. The number of esters is 1. The van der Waals surface area contributed by atoms with Gasteiger partial charge in [-0.25, -0.2) is 13.8 Å². The fraction of sp³-hybridized carbons (Fsp3) is 0.500. The van der Waals surface area contributed by atoms with Gasteiger partial charge in [0.05, 0.1) is 19.6 Å². The Hall–Kier alpha value is -2.77. The van der Waals surface area contributed by atoms with Crippen LogP contribution < -0.4 is 9.64 Å². The first-order valence-electron chi connectivity index (χ1n) is 10.4. The van der Waals surface area contributed by atoms with Gasteiger partial charge in [-0.2, -0.15) is 4.98 Å². The molecule has 0 spiro atoms. The Labute approximate surface area is 174 Å². The predicted octanol–water partition coefficient (Wildman–Crippen LogP) is 3.99. The van der Waals surface area contributed by atoms with Gasteiger partial charge in [-0.1, -0.05) is 0 Å². The van der Waals surface area contributed by atoms with Crippen LogP contribution >= 0.6 is 0 Å². The molecule has 0 amide bonds. The second-order valence-electron chi connectivity index (χ2n) is 7.87. The van der Waals surface area contributed by atoms with Crippen LogP contribution in [0.4, 0.5) is 14.5 Å². The number of anilines is 1. The molecule has 6 nitrogen and oxygen atoms in total. The van der Waals surface area contributed by atoms with E-state index >= 15 is 0 Å². The SMILES string of the molecule is CCOC(=O)CC1CCN(c2c(F)cc(-c3nccc(OCC4CC4)n3)cc2F)C1. The van der Waals surface area contributed by atoms with Crippen LogP contribution in [0.3, 0.4) is 0 Å². The number of hydrogen-bond donors (Lipinski definition) is 0. The van der Waals surface area contributed by atoms with Gasteiger partial charge in [0.2, 0.25) is 5.88 Å². The summed E-state index contributed by atoms with van der Waals surface area (Å²) in [4.78, 5) is 21.7. The first kappa shape index (κ1) is 20.5. The highest BCUT2D eigenvalue weighted by molar-refractivity contribution is 5.70. The van der Waals surface area contributed by atoms with Crippen molar-refractivity contribution in [1.82, 2.24) is 9.97 Å². The molecule has 1 aliphatic heterocycles. The smallest absolute Gasteiger partial charge is 0.306 e. The number of nitrogens with zero attached hydrogens (tertiary/aromatic N) is 3. The van der Waals surface area contributed by atoms with Crippen LogP contribution in [0.2, 0.25) is 0 Å². The van der Waals surface area contributed by atoms with Crippen molar-refractivity contribution >= 4 is 11.7 Å². The van der Waals surface area contributed by atoms with Gasteiger partial charge in [0, 0.05) is 30.9 Å². The Bertz CT molecular complexity index is 897. The molecule has 8 heteroatoms. The fourth-order valence-electron chi connectivity index (χ4n) is 3.70. The van der Waals surface area contributed by atoms with Gasteiger partial charge in [-0.05, 0) is 50.2 Å². The summed E-state index contributed by atoms with van der Waals surface area (Å²) in [5.74, 6) is -0.407. The molecule has 0 radical (unpaired) electrons. The van der Waals surface area contributed by atoms with E-state index in [-0.39, 0.29) is 35.4 Å². The van der Waals surface area contributed by atoms with Gasteiger partial charge in [0.1, 0.15) is 17.3 Å². The van der Waals surface area contributed by atoms with Crippen molar-refractivity contribution in [2.24, 2.45) is 11.8 Å². The molecule has 1 atom stereocenters. The zero-order valence-corrected chi connectivity index (χ0v) is 16.9. The lowest BCUT2D eigenvalue weighted by molar-refractivity contribution is -0.144. The number of hydrogen-bond acceptors (Lipinski definition) is 6. The quantitative estimate of drug-likeness (QED) is 0.605. The fourth-order valence-corrected chi connectivity index (χ4v) is 3.70. The summed E-state index contributed by atoms with van der Waals surface area (Å²) in [6.45, 7) is 3.57. The normalized spacial score (nSPS) is 18.5. The van der Waals surface area contributed by atoms with Gasteiger partial charge >= 0.3 is 5.97 Å². The van der Waals surface area contributed by atoms with E-state index in [0.29, 0.717) is 44.5 Å². The van der Waals surface area contributed by atoms with Gasteiger partial charge in [0.15, 0.2) is 5.82 Å². The summed E-state index contributed by atoms with van der Waals surface area (Å²) < 4.78 is 40.3. The largest absolute Gasteiger partial charge is 0.477 e. The van der Waals surface area contributed by atoms with E-state index in [2.05, 4.69) is 9.97 Å². The summed E-state index contributed by atoms with van der Waals surface area (Å²) in [5, 5.41) is 0. The molecule has 1 unspecified atom stereocenters. The Morgan fingerprint density at radius 2 is 1.97 bits per heavy atom. The molecular formula is C22H25F2N3O3. The molecule has 2 aliphatic rings. The molecule has 2 heterocycles. The molecule has 2 fully saturated rings. The first-order chi connectivity index (χ1) is 14.5. The summed E-state index contributed by atoms with van der Waals surface area (Å²) in [6, 6.07) is 4.13. The summed E-state index contributed by atoms with van der Waals surface area (Å²) in [6.07, 6.45) is 4.78. The zero-order valence-electron chi connectivity index (χ0n) is 16.9. The van der Waals surface area contributed by atoms with Gasteiger partial charge < -0.3 is 14.4 Å². The number of halogens is 2. The monoisotopic (exact) mass is 417 g/mol. The predicted molar refractivity (Wildman–Crippen MR) is 107 cm³/mol. The van der Waals surface area contributed by atoms with Crippen LogP contribution in [0.25, 0.3) is 11.4 Å². The minimum atomic E-state index is -0.672. The van der Waals surface area contributed by atoms with Crippen molar-refractivity contribution in [2.75, 3.05) is 31.2 Å². The molecule has 1 aromatic carbocycles. The van der Waals surface area contributed by atoms with Crippen molar-refractivity contribution in [3.63, 3.8) is 0 Å². The first-order valence-corrected chi connectivity index (χ1v) is 10.4. The maximum atomic E-state index is 14.9. The second-order valence-corrected chi connectivity index (χ2v) is 7.87. The Morgan fingerprint density at radius 3 is 2.67 bits per heavy atom. The molecule has 2 aromatic rings. The lowest BCUT2D eigenvalue weighted by atomic mass is 10.1. The topological polar surface area (TPSA) is 64.5 Å². The summed E-state index contributed by atoms with van der Waals surface area (Å²) in [7, 11) is 0. The Kier molecular flexibility index (Phi) is 6.11. The molecule has 30 heavy (non-hydrogen) atoms. The second kappa shape index (κ2) is 8.93. The number of rotatable bonds is 8. The maximum absolute atomic E-state index is 14.9. The highest BCUT2D eigenvalue weighted by Crippen LogP contribution is 2.33. The van der Waals surface area contributed by atoms with Crippen molar-refractivity contribution in [3.05, 3.63) is 36.0 Å². The van der Waals surface area contributed by atoms with Gasteiger partial charge in [0.25, 0.3) is 0 Å². The molecule has 160 valence electrons. The van der Waals surface area contributed by atoms with Crippen molar-refractivity contribution < 1.29 is 23.0 Å². The van der Waals surface area contributed by atoms with Crippen LogP contribution in [-0.2, 0) is 9.53 Å². The number of ether oxygens (including phenoxy) is 2. The van der Waals surface area contributed by atoms with E-state index in [1.54, 1.807) is 17.9 Å². The van der Waals surface area contributed by atoms with Crippen LogP contribution in [0.15, 0.2) is 24.4 Å². The molecule has 0 bridgehead atoms. The summed E-state index contributed by atoms with van der Waals surface area (Å²) in [5.41, 5.74) is 0.180. The minimum Gasteiger partial charge on any atom is -0.477 e. The third-order valence-corrected chi connectivity index (χ3v) is 5.43. The van der Waals surface area contributed by atoms with Crippen molar-refractivity contribution in [3.8, 4) is 17.3 Å². The maximum Gasteiger partial charge on any atom is 0.306 e. The van der Waals surface area contributed by atoms with Crippen LogP contribution in [0.5, 0.6) is 5.88 Å². The Morgan fingerprint density at radius 1 is 1.20 bits per heavy atom. The van der Waals surface area contributed by atoms with Crippen molar-refractivity contribution in [2.45, 2.75) is 32.6 Å². The number of aromatic nitrogens is 2. The number of benzene rings is 1. The van der Waals surface area contributed by atoms with Crippen molar-refractivity contribution in [1.29, 1.82) is 0 Å². The molecule has 1 saturated heterocycles. The zero-order chi connectivity index (χ0) is 21.1. The average Bonchev–Trinajstić information content (AvgIpc) is 3.45. The van der Waals surface area contributed by atoms with E-state index < -0.39 is 11.6 Å². The lowest BCUT2D eigenvalue weighted by Crippen LogP contribution is -2.23.